The van der Waals surface area contributed by atoms with E-state index in [2.05, 4.69) is 24.5 Å². The first kappa shape index (κ1) is 34.1. The third-order valence-electron chi connectivity index (χ3n) is 6.53. The Bertz CT molecular complexity index is 1220. The van der Waals surface area contributed by atoms with Gasteiger partial charge in [-0.05, 0) is 83.2 Å². The average molecular weight is 583 g/mol. The number of aryl methyl sites for hydroxylation is 1. The van der Waals surface area contributed by atoms with Crippen molar-refractivity contribution < 1.29 is 28.7 Å². The van der Waals surface area contributed by atoms with Gasteiger partial charge in [0.2, 0.25) is 11.8 Å². The van der Waals surface area contributed by atoms with Crippen LogP contribution in [-0.4, -0.2) is 53.5 Å². The second-order valence-corrected chi connectivity index (χ2v) is 12.0. The van der Waals surface area contributed by atoms with Crippen molar-refractivity contribution in [2.75, 3.05) is 12.4 Å². The molecule has 0 saturated heterocycles. The highest BCUT2D eigenvalue weighted by molar-refractivity contribution is 6.00. The molecule has 0 saturated carbocycles. The lowest BCUT2D eigenvalue weighted by atomic mass is 9.96. The van der Waals surface area contributed by atoms with Gasteiger partial charge >= 0.3 is 6.09 Å². The number of hydrogen-bond donors (Lipinski definition) is 3. The molecule has 4 amide bonds. The number of carbonyl (C=O) groups is 4. The second kappa shape index (κ2) is 15.2. The van der Waals surface area contributed by atoms with Crippen LogP contribution in [-0.2, 0) is 19.1 Å². The SMILES string of the molecule is COc1ccc(NC(=O)C(c2cccc(C)c2)N(C(=O)C(CC(N)=O)NC(=O)OC(C)(C)C)C(C)CCC(C)C)cc1. The summed E-state index contributed by atoms with van der Waals surface area (Å²) in [5, 5.41) is 5.45. The van der Waals surface area contributed by atoms with Gasteiger partial charge in [0.15, 0.2) is 0 Å². The van der Waals surface area contributed by atoms with Crippen LogP contribution in [0.2, 0.25) is 0 Å². The van der Waals surface area contributed by atoms with E-state index in [9.17, 15) is 19.2 Å². The molecule has 2 rings (SSSR count). The van der Waals surface area contributed by atoms with Gasteiger partial charge in [-0.1, -0.05) is 43.7 Å². The van der Waals surface area contributed by atoms with Gasteiger partial charge in [0.05, 0.1) is 13.5 Å². The van der Waals surface area contributed by atoms with Crippen molar-refractivity contribution in [1.82, 2.24) is 10.2 Å². The molecule has 0 aliphatic heterocycles. The number of benzene rings is 2. The smallest absolute Gasteiger partial charge is 0.408 e. The van der Waals surface area contributed by atoms with E-state index in [1.807, 2.05) is 32.0 Å². The molecule has 10 nitrogen and oxygen atoms in total. The lowest BCUT2D eigenvalue weighted by Crippen LogP contribution is -2.55. The van der Waals surface area contributed by atoms with Crippen LogP contribution in [0.3, 0.4) is 0 Å². The van der Waals surface area contributed by atoms with E-state index in [-0.39, 0.29) is 0 Å². The molecule has 42 heavy (non-hydrogen) atoms. The number of primary amides is 1. The molecular weight excluding hydrogens is 536 g/mol. The number of rotatable bonds is 13. The number of alkyl carbamates (subject to hydrolysis) is 1. The summed E-state index contributed by atoms with van der Waals surface area (Å²) in [5.74, 6) is -0.881. The summed E-state index contributed by atoms with van der Waals surface area (Å²) in [6, 6.07) is 11.3. The topological polar surface area (TPSA) is 140 Å². The Labute approximate surface area is 249 Å². The third kappa shape index (κ3) is 10.7. The number of carbonyl (C=O) groups excluding carboxylic acids is 4. The molecule has 0 radical (unpaired) electrons. The maximum atomic E-state index is 14.4. The highest BCUT2D eigenvalue weighted by atomic mass is 16.6. The number of amides is 4. The number of nitrogens with zero attached hydrogens (tertiary/aromatic N) is 1. The van der Waals surface area contributed by atoms with Gasteiger partial charge in [-0.25, -0.2) is 4.79 Å². The molecule has 0 aromatic heterocycles. The van der Waals surface area contributed by atoms with E-state index in [0.717, 1.165) is 12.0 Å². The van der Waals surface area contributed by atoms with Crippen LogP contribution in [0.25, 0.3) is 0 Å². The fourth-order valence-electron chi connectivity index (χ4n) is 4.51. The summed E-state index contributed by atoms with van der Waals surface area (Å²) in [4.78, 5) is 54.7. The van der Waals surface area contributed by atoms with Crippen molar-refractivity contribution in [2.24, 2.45) is 11.7 Å². The Balaban J connectivity index is 2.62. The number of ether oxygens (including phenoxy) is 2. The lowest BCUT2D eigenvalue weighted by molar-refractivity contribution is -0.144. The molecule has 2 aromatic rings. The molecule has 0 spiro atoms. The molecule has 10 heteroatoms. The van der Waals surface area contributed by atoms with Crippen LogP contribution in [0.4, 0.5) is 10.5 Å². The summed E-state index contributed by atoms with van der Waals surface area (Å²) < 4.78 is 10.6. The van der Waals surface area contributed by atoms with Gasteiger partial charge in [0, 0.05) is 11.7 Å². The van der Waals surface area contributed by atoms with E-state index in [1.165, 1.54) is 4.90 Å². The average Bonchev–Trinajstić information content (AvgIpc) is 2.88. The Morgan fingerprint density at radius 2 is 1.62 bits per heavy atom. The van der Waals surface area contributed by atoms with Crippen LogP contribution in [0.5, 0.6) is 5.75 Å². The Hall–Kier alpha value is -4.08. The third-order valence-corrected chi connectivity index (χ3v) is 6.53. The Morgan fingerprint density at radius 1 is 0.976 bits per heavy atom. The number of nitrogens with two attached hydrogens (primary N) is 1. The zero-order valence-electron chi connectivity index (χ0n) is 26.0. The molecule has 0 fully saturated rings. The van der Waals surface area contributed by atoms with Gasteiger partial charge in [0.1, 0.15) is 23.4 Å². The predicted molar refractivity (Wildman–Crippen MR) is 163 cm³/mol. The summed E-state index contributed by atoms with van der Waals surface area (Å²) in [7, 11) is 1.55. The van der Waals surface area contributed by atoms with Crippen LogP contribution < -0.4 is 21.1 Å². The van der Waals surface area contributed by atoms with Crippen molar-refractivity contribution in [2.45, 2.75) is 91.5 Å². The summed E-state index contributed by atoms with van der Waals surface area (Å²) in [5.41, 5.74) is 6.67. The highest BCUT2D eigenvalue weighted by Crippen LogP contribution is 2.30. The van der Waals surface area contributed by atoms with Gasteiger partial charge in [-0.2, -0.15) is 0 Å². The van der Waals surface area contributed by atoms with Crippen LogP contribution in [0, 0.1) is 12.8 Å². The maximum Gasteiger partial charge on any atom is 0.408 e. The van der Waals surface area contributed by atoms with Crippen LogP contribution in [0.1, 0.15) is 78.0 Å². The molecule has 0 bridgehead atoms. The standard InChI is InChI=1S/C32H46N4O6/c1-20(2)12-13-22(4)36(30(39)26(19-27(33)37)35-31(40)42-32(5,6)7)28(23-11-9-10-21(3)18-23)29(38)34-24-14-16-25(41-8)17-15-24/h9-11,14-18,20,22,26,28H,12-13,19H2,1-8H3,(H2,33,37)(H,34,38)(H,35,40). The molecule has 2 aromatic carbocycles. The van der Waals surface area contributed by atoms with Crippen molar-refractivity contribution in [3.05, 3.63) is 59.7 Å². The first-order valence-corrected chi connectivity index (χ1v) is 14.2. The zero-order chi connectivity index (χ0) is 31.6. The van der Waals surface area contributed by atoms with Crippen molar-refractivity contribution in [3.8, 4) is 5.75 Å². The minimum atomic E-state index is -1.35. The molecule has 3 unspecified atom stereocenters. The number of hydrogen-bond acceptors (Lipinski definition) is 6. The summed E-state index contributed by atoms with van der Waals surface area (Å²) in [6.07, 6.45) is 0.0289. The molecular formula is C32H46N4O6. The van der Waals surface area contributed by atoms with E-state index < -0.39 is 54.0 Å². The van der Waals surface area contributed by atoms with Gasteiger partial charge in [0.25, 0.3) is 5.91 Å². The highest BCUT2D eigenvalue weighted by Gasteiger charge is 2.39. The summed E-state index contributed by atoms with van der Waals surface area (Å²) >= 11 is 0. The maximum absolute atomic E-state index is 14.4. The van der Waals surface area contributed by atoms with Crippen molar-refractivity contribution in [1.29, 1.82) is 0 Å². The first-order valence-electron chi connectivity index (χ1n) is 14.2. The number of nitrogens with one attached hydrogen (secondary N) is 2. The predicted octanol–water partition coefficient (Wildman–Crippen LogP) is 5.11. The fourth-order valence-corrected chi connectivity index (χ4v) is 4.51. The van der Waals surface area contributed by atoms with Crippen LogP contribution >= 0.6 is 0 Å². The largest absolute Gasteiger partial charge is 0.497 e. The second-order valence-electron chi connectivity index (χ2n) is 12.0. The normalized spacial score (nSPS) is 13.5. The minimum Gasteiger partial charge on any atom is -0.497 e. The van der Waals surface area contributed by atoms with Gasteiger partial charge < -0.3 is 30.7 Å². The molecule has 230 valence electrons. The Morgan fingerprint density at radius 3 is 2.14 bits per heavy atom. The molecule has 3 atom stereocenters. The molecule has 4 N–H and O–H groups in total. The number of methoxy groups -OCH3 is 1. The van der Waals surface area contributed by atoms with Gasteiger partial charge in [-0.3, -0.25) is 14.4 Å². The van der Waals surface area contributed by atoms with Crippen LogP contribution in [0.15, 0.2) is 48.5 Å². The number of anilines is 1. The van der Waals surface area contributed by atoms with Crippen molar-refractivity contribution in [3.63, 3.8) is 0 Å². The van der Waals surface area contributed by atoms with Gasteiger partial charge in [-0.15, -0.1) is 0 Å². The fraction of sp³-hybridized carbons (Fsp3) is 0.500. The zero-order valence-corrected chi connectivity index (χ0v) is 26.0. The van der Waals surface area contributed by atoms with Crippen molar-refractivity contribution >= 4 is 29.5 Å². The first-order chi connectivity index (χ1) is 19.6. The Kier molecular flexibility index (Phi) is 12.4. The van der Waals surface area contributed by atoms with E-state index >= 15 is 0 Å². The molecule has 0 aliphatic carbocycles. The lowest BCUT2D eigenvalue weighted by Gasteiger charge is -2.38. The quantitative estimate of drug-likeness (QED) is 0.300. The molecule has 0 aliphatic rings. The minimum absolute atomic E-state index is 0.344. The summed E-state index contributed by atoms with van der Waals surface area (Å²) in [6.45, 7) is 13.0. The van der Waals surface area contributed by atoms with E-state index in [0.29, 0.717) is 29.3 Å². The van der Waals surface area contributed by atoms with E-state index in [1.54, 1.807) is 58.2 Å². The van der Waals surface area contributed by atoms with E-state index in [4.69, 9.17) is 15.2 Å². The molecule has 0 heterocycles. The monoisotopic (exact) mass is 582 g/mol.